The zero-order chi connectivity index (χ0) is 19.4. The minimum atomic E-state index is -1.04. The maximum absolute atomic E-state index is 11.7. The number of anilines is 1. The number of carboxylic acid groups (broad SMARTS) is 1. The molecule has 1 aliphatic rings. The predicted molar refractivity (Wildman–Crippen MR) is 104 cm³/mol. The number of carboxylic acids is 1. The quantitative estimate of drug-likeness (QED) is 0.563. The molecule has 0 bridgehead atoms. The van der Waals surface area contributed by atoms with E-state index in [1.165, 1.54) is 6.20 Å². The monoisotopic (exact) mass is 380 g/mol. The maximum atomic E-state index is 11.7. The summed E-state index contributed by atoms with van der Waals surface area (Å²) < 4.78 is 3.42. The van der Waals surface area contributed by atoms with E-state index in [0.717, 1.165) is 53.9 Å². The molecule has 0 amide bonds. The average molecular weight is 380 g/mol. The molecular weight excluding hydrogens is 360 g/mol. The first-order valence-electron chi connectivity index (χ1n) is 9.27. The fourth-order valence-electron chi connectivity index (χ4n) is 3.82. The minimum absolute atomic E-state index is 0.0881. The topological polar surface area (TPSA) is 105 Å². The highest BCUT2D eigenvalue weighted by Crippen LogP contribution is 2.32. The fourth-order valence-corrected chi connectivity index (χ4v) is 3.82. The predicted octanol–water partition coefficient (Wildman–Crippen LogP) is 1.10. The third-order valence-electron chi connectivity index (χ3n) is 5.38. The van der Waals surface area contributed by atoms with Crippen molar-refractivity contribution < 1.29 is 9.90 Å². The summed E-state index contributed by atoms with van der Waals surface area (Å²) in [5.41, 5.74) is 1.96. The number of aromatic carboxylic acids is 1. The Morgan fingerprint density at radius 2 is 1.86 bits per heavy atom. The van der Waals surface area contributed by atoms with Gasteiger partial charge in [0.1, 0.15) is 11.4 Å². The van der Waals surface area contributed by atoms with E-state index in [1.54, 1.807) is 16.9 Å². The first-order valence-corrected chi connectivity index (χ1v) is 9.27. The number of aryl methyl sites for hydroxylation is 1. The van der Waals surface area contributed by atoms with Gasteiger partial charge in [0.05, 0.1) is 28.7 Å². The Kier molecular flexibility index (Phi) is 3.69. The summed E-state index contributed by atoms with van der Waals surface area (Å²) >= 11 is 0. The highest BCUT2D eigenvalue weighted by Gasteiger charge is 2.24. The van der Waals surface area contributed by atoms with Crippen molar-refractivity contribution >= 4 is 39.4 Å². The molecular formula is C18H20N8O2. The van der Waals surface area contributed by atoms with Crippen LogP contribution in [0.1, 0.15) is 17.3 Å². The molecule has 0 unspecified atom stereocenters. The molecule has 0 atom stereocenters. The lowest BCUT2D eigenvalue weighted by Gasteiger charge is -2.33. The zero-order valence-electron chi connectivity index (χ0n) is 15.7. The van der Waals surface area contributed by atoms with Crippen LogP contribution in [0.4, 0.5) is 5.82 Å². The van der Waals surface area contributed by atoms with E-state index in [-0.39, 0.29) is 5.56 Å². The molecule has 0 aromatic carbocycles. The summed E-state index contributed by atoms with van der Waals surface area (Å²) in [6, 6.07) is 0. The lowest BCUT2D eigenvalue weighted by atomic mass is 10.2. The van der Waals surface area contributed by atoms with Gasteiger partial charge in [-0.1, -0.05) is 0 Å². The molecule has 0 saturated carbocycles. The van der Waals surface area contributed by atoms with Gasteiger partial charge in [-0.05, 0) is 14.0 Å². The van der Waals surface area contributed by atoms with Crippen molar-refractivity contribution in [2.24, 2.45) is 0 Å². The number of piperazine rings is 1. The molecule has 1 N–H and O–H groups in total. The van der Waals surface area contributed by atoms with Crippen LogP contribution >= 0.6 is 0 Å². The van der Waals surface area contributed by atoms with Crippen LogP contribution in [0.2, 0.25) is 0 Å². The summed E-state index contributed by atoms with van der Waals surface area (Å²) in [5.74, 6) is -0.294. The van der Waals surface area contributed by atoms with Crippen LogP contribution in [0.25, 0.3) is 27.6 Å². The fraction of sp³-hybridized carbons (Fsp3) is 0.389. The van der Waals surface area contributed by atoms with Gasteiger partial charge < -0.3 is 14.9 Å². The number of likely N-dealkylation sites (N-methyl/N-ethyl adjacent to an activating group) is 1. The average Bonchev–Trinajstić information content (AvgIpc) is 3.31. The molecule has 0 aliphatic carbocycles. The molecule has 28 heavy (non-hydrogen) atoms. The molecule has 0 spiro atoms. The van der Waals surface area contributed by atoms with Gasteiger partial charge in [-0.25, -0.2) is 24.0 Å². The van der Waals surface area contributed by atoms with Crippen molar-refractivity contribution in [3.8, 4) is 0 Å². The van der Waals surface area contributed by atoms with Gasteiger partial charge in [-0.15, -0.1) is 0 Å². The second kappa shape index (κ2) is 6.13. The van der Waals surface area contributed by atoms with Crippen LogP contribution in [0.5, 0.6) is 0 Å². The molecule has 1 aliphatic heterocycles. The highest BCUT2D eigenvalue weighted by atomic mass is 16.4. The Morgan fingerprint density at radius 3 is 2.57 bits per heavy atom. The van der Waals surface area contributed by atoms with E-state index in [2.05, 4.69) is 32.0 Å². The van der Waals surface area contributed by atoms with Crippen molar-refractivity contribution in [2.45, 2.75) is 13.5 Å². The number of aromatic nitrogens is 6. The molecule has 1 saturated heterocycles. The van der Waals surface area contributed by atoms with Crippen LogP contribution in [0.3, 0.4) is 0 Å². The van der Waals surface area contributed by atoms with Crippen LogP contribution in [-0.4, -0.2) is 78.6 Å². The Balaban J connectivity index is 1.87. The summed E-state index contributed by atoms with van der Waals surface area (Å²) in [5, 5.41) is 20.0. The normalized spacial score (nSPS) is 15.9. The summed E-state index contributed by atoms with van der Waals surface area (Å²) in [4.78, 5) is 25.5. The Hall–Kier alpha value is -3.27. The van der Waals surface area contributed by atoms with Gasteiger partial charge in [0.2, 0.25) is 0 Å². The lowest BCUT2D eigenvalue weighted by Crippen LogP contribution is -2.45. The van der Waals surface area contributed by atoms with Crippen LogP contribution in [0, 0.1) is 0 Å². The van der Waals surface area contributed by atoms with Crippen molar-refractivity contribution in [1.82, 2.24) is 34.3 Å². The number of fused-ring (bicyclic) bond motifs is 5. The molecule has 4 aromatic heterocycles. The molecule has 0 radical (unpaired) electrons. The Morgan fingerprint density at radius 1 is 1.07 bits per heavy atom. The first kappa shape index (κ1) is 16.9. The van der Waals surface area contributed by atoms with Crippen molar-refractivity contribution in [2.75, 3.05) is 38.1 Å². The van der Waals surface area contributed by atoms with Gasteiger partial charge in [-0.3, -0.25) is 0 Å². The van der Waals surface area contributed by atoms with Gasteiger partial charge in [-0.2, -0.15) is 10.2 Å². The SMILES string of the molecule is CCn1ncc2c1ncc1c(N3CCN(C)CC3)nc3c(C(=O)O)cnn3c12. The standard InChI is InChI=1S/C18H20N8O2/c1-3-25-15-12(9-20-25)14-11(8-19-15)16(24-6-4-23(2)5-7-24)22-17-13(18(27)28)10-21-26(14)17/h8-10H,3-7H2,1-2H3,(H,27,28). The van der Waals surface area contributed by atoms with Gasteiger partial charge >= 0.3 is 5.97 Å². The van der Waals surface area contributed by atoms with Crippen molar-refractivity contribution in [1.29, 1.82) is 0 Å². The first-order chi connectivity index (χ1) is 13.6. The van der Waals surface area contributed by atoms with E-state index >= 15 is 0 Å². The van der Waals surface area contributed by atoms with Crippen molar-refractivity contribution in [3.05, 3.63) is 24.2 Å². The van der Waals surface area contributed by atoms with Crippen LogP contribution in [-0.2, 0) is 6.54 Å². The third-order valence-corrected chi connectivity index (χ3v) is 5.38. The van der Waals surface area contributed by atoms with E-state index in [4.69, 9.17) is 4.98 Å². The molecule has 144 valence electrons. The number of rotatable bonds is 3. The molecule has 10 nitrogen and oxygen atoms in total. The van der Waals surface area contributed by atoms with E-state index < -0.39 is 5.97 Å². The number of hydrogen-bond donors (Lipinski definition) is 1. The number of nitrogens with zero attached hydrogens (tertiary/aromatic N) is 8. The van der Waals surface area contributed by atoms with Crippen LogP contribution < -0.4 is 4.90 Å². The zero-order valence-corrected chi connectivity index (χ0v) is 15.7. The molecule has 5 rings (SSSR count). The summed E-state index contributed by atoms with van der Waals surface area (Å²) in [7, 11) is 2.09. The Bertz CT molecular complexity index is 1220. The maximum Gasteiger partial charge on any atom is 0.341 e. The van der Waals surface area contributed by atoms with E-state index in [9.17, 15) is 9.90 Å². The lowest BCUT2D eigenvalue weighted by molar-refractivity contribution is 0.0699. The van der Waals surface area contributed by atoms with Crippen LogP contribution in [0.15, 0.2) is 18.6 Å². The second-order valence-corrected chi connectivity index (χ2v) is 7.04. The van der Waals surface area contributed by atoms with Gasteiger partial charge in [0.25, 0.3) is 0 Å². The molecule has 1 fully saturated rings. The summed E-state index contributed by atoms with van der Waals surface area (Å²) in [6.07, 6.45) is 4.92. The molecule has 10 heteroatoms. The Labute approximate surface area is 160 Å². The smallest absolute Gasteiger partial charge is 0.341 e. The number of pyridine rings is 1. The van der Waals surface area contributed by atoms with Gasteiger partial charge in [0, 0.05) is 38.9 Å². The van der Waals surface area contributed by atoms with Gasteiger partial charge in [0.15, 0.2) is 11.3 Å². The summed E-state index contributed by atoms with van der Waals surface area (Å²) in [6.45, 7) is 6.18. The largest absolute Gasteiger partial charge is 0.477 e. The van der Waals surface area contributed by atoms with E-state index in [1.807, 2.05) is 11.6 Å². The number of hydrogen-bond acceptors (Lipinski definition) is 7. The third kappa shape index (κ3) is 2.34. The molecule has 4 aromatic rings. The van der Waals surface area contributed by atoms with Crippen molar-refractivity contribution in [3.63, 3.8) is 0 Å². The number of carbonyl (C=O) groups is 1. The molecule has 5 heterocycles. The highest BCUT2D eigenvalue weighted by molar-refractivity contribution is 6.08. The van der Waals surface area contributed by atoms with E-state index in [0.29, 0.717) is 12.2 Å². The minimum Gasteiger partial charge on any atom is -0.477 e. The second-order valence-electron chi connectivity index (χ2n) is 7.04.